The number of anilines is 4. The van der Waals surface area contributed by atoms with Gasteiger partial charge in [-0.15, -0.1) is 0 Å². The van der Waals surface area contributed by atoms with E-state index in [-0.39, 0.29) is 76.0 Å². The van der Waals surface area contributed by atoms with Crippen molar-refractivity contribution in [1.82, 2.24) is 0 Å². The number of hydrogen-bond acceptors (Lipinski definition) is 14. The zero-order valence-electron chi connectivity index (χ0n) is 57.4. The lowest BCUT2D eigenvalue weighted by atomic mass is 9.62. The first-order chi connectivity index (χ1) is 45.0. The number of aliphatic hydroxyl groups is 2. The highest BCUT2D eigenvalue weighted by Gasteiger charge is 2.54. The van der Waals surface area contributed by atoms with Gasteiger partial charge in [0, 0.05) is 71.0 Å². The minimum absolute atomic E-state index is 0.148. The second kappa shape index (κ2) is 40.6. The number of esters is 4. The Labute approximate surface area is 553 Å². The lowest BCUT2D eigenvalue weighted by molar-refractivity contribution is -0.150. The van der Waals surface area contributed by atoms with E-state index in [4.69, 9.17) is 18.9 Å². The summed E-state index contributed by atoms with van der Waals surface area (Å²) in [5, 5.41) is 43.7. The molecule has 92 heavy (non-hydrogen) atoms. The van der Waals surface area contributed by atoms with Crippen molar-refractivity contribution in [3.05, 3.63) is 71.8 Å². The topological polar surface area (TPSA) is 194 Å². The molecule has 0 spiro atoms. The van der Waals surface area contributed by atoms with E-state index in [2.05, 4.69) is 49.0 Å². The van der Waals surface area contributed by atoms with E-state index in [1.165, 1.54) is 128 Å². The Kier molecular flexibility index (Phi) is 32.6. The van der Waals surface area contributed by atoms with Crippen LogP contribution in [0.4, 0.5) is 22.7 Å². The molecule has 512 valence electrons. The standard InChI is InChI=1S/C78H120N4O10/c1-5-9-13-17-21-25-29-33-37-47-65(83)89-55-77(56-90-66(84)48-38-34-30-26-22-18-14-10-6-2)79-63-45-41-43-59-51-53-61(73(81-77)69(59)63)71-75(87)72(76(71)88)62-54-52-60-44-42-46-64-70(60)74(62)82-78(80-64,57-91-67(85)49-39-35-31-27-23-19-15-11-7-3)58-92-68(86)50-40-36-32-28-24-20-16-12-8-4/h41-46,51-54,71-72,75-76,79-82,87-88H,5-40,47-50,55-58H2,1-4H3. The van der Waals surface area contributed by atoms with Crippen LogP contribution in [0.3, 0.4) is 0 Å². The van der Waals surface area contributed by atoms with Gasteiger partial charge >= 0.3 is 23.9 Å². The summed E-state index contributed by atoms with van der Waals surface area (Å²) in [7, 11) is 0. The van der Waals surface area contributed by atoms with Crippen molar-refractivity contribution < 1.29 is 48.3 Å². The Morgan fingerprint density at radius 2 is 0.587 bits per heavy atom. The first-order valence-electron chi connectivity index (χ1n) is 37.2. The molecule has 3 aliphatic rings. The van der Waals surface area contributed by atoms with Gasteiger partial charge < -0.3 is 50.4 Å². The summed E-state index contributed by atoms with van der Waals surface area (Å²) < 4.78 is 24.5. The van der Waals surface area contributed by atoms with Crippen molar-refractivity contribution in [2.24, 2.45) is 0 Å². The summed E-state index contributed by atoms with van der Waals surface area (Å²) in [5.41, 5.74) is 1.56. The number of carbonyl (C=O) groups is 4. The van der Waals surface area contributed by atoms with Gasteiger partial charge in [0.25, 0.3) is 0 Å². The first kappa shape index (κ1) is 73.8. The van der Waals surface area contributed by atoms with Crippen LogP contribution < -0.4 is 21.3 Å². The van der Waals surface area contributed by atoms with Crippen LogP contribution in [0.15, 0.2) is 60.7 Å². The van der Waals surface area contributed by atoms with E-state index in [1.54, 1.807) is 0 Å². The van der Waals surface area contributed by atoms with Gasteiger partial charge in [-0.25, -0.2) is 0 Å². The van der Waals surface area contributed by atoms with Crippen LogP contribution in [0.5, 0.6) is 0 Å². The fourth-order valence-electron chi connectivity index (χ4n) is 14.1. The van der Waals surface area contributed by atoms with Gasteiger partial charge in [-0.3, -0.25) is 19.2 Å². The smallest absolute Gasteiger partial charge is 0.305 e. The molecule has 0 unspecified atom stereocenters. The van der Waals surface area contributed by atoms with E-state index in [1.807, 2.05) is 60.7 Å². The third-order valence-electron chi connectivity index (χ3n) is 19.7. The van der Waals surface area contributed by atoms with Crippen molar-refractivity contribution >= 4 is 68.2 Å². The van der Waals surface area contributed by atoms with Gasteiger partial charge in [-0.1, -0.05) is 282 Å². The Bertz CT molecular complexity index is 2570. The summed E-state index contributed by atoms with van der Waals surface area (Å²) >= 11 is 0. The first-order valence-corrected chi connectivity index (χ1v) is 37.2. The summed E-state index contributed by atoms with van der Waals surface area (Å²) in [6.45, 7) is 8.33. The van der Waals surface area contributed by atoms with Crippen LogP contribution in [-0.4, -0.2) is 84.1 Å². The van der Waals surface area contributed by atoms with Gasteiger partial charge in [0.05, 0.1) is 12.2 Å². The summed E-state index contributed by atoms with van der Waals surface area (Å²) in [6, 6.07) is 19.8. The van der Waals surface area contributed by atoms with E-state index in [0.717, 1.165) is 136 Å². The second-order valence-electron chi connectivity index (χ2n) is 27.5. The molecular formula is C78H120N4O10. The quantitative estimate of drug-likeness (QED) is 0.0139. The molecule has 0 aromatic heterocycles. The molecule has 14 heteroatoms. The van der Waals surface area contributed by atoms with Crippen LogP contribution in [0.2, 0.25) is 0 Å². The Hall–Kier alpha value is -5.60. The highest BCUT2D eigenvalue weighted by molar-refractivity contribution is 6.08. The van der Waals surface area contributed by atoms with E-state index < -0.39 is 35.4 Å². The molecule has 0 radical (unpaired) electrons. The lowest BCUT2D eigenvalue weighted by Gasteiger charge is -2.50. The average Bonchev–Trinajstić information content (AvgIpc) is 0.718. The Balaban J connectivity index is 1.09. The third-order valence-corrected chi connectivity index (χ3v) is 19.7. The second-order valence-corrected chi connectivity index (χ2v) is 27.5. The number of rotatable bonds is 50. The fourth-order valence-corrected chi connectivity index (χ4v) is 14.1. The SMILES string of the molecule is CCCCCCCCCCCC(=O)OCC1(COC(=O)CCCCCCCCCCC)Nc2cccc3ccc(C4C(O)C(c5ccc6cccc7c6c5NC(COC(=O)CCCCCCCCCCC)(COC(=O)CCCCCCCCCCC)N7)C4O)c(c23)N1. The zero-order valence-corrected chi connectivity index (χ0v) is 57.4. The van der Waals surface area contributed by atoms with Crippen molar-refractivity contribution in [2.75, 3.05) is 47.7 Å². The zero-order chi connectivity index (χ0) is 65.2. The van der Waals surface area contributed by atoms with Crippen molar-refractivity contribution in [1.29, 1.82) is 0 Å². The van der Waals surface area contributed by atoms with Crippen LogP contribution in [0.25, 0.3) is 21.5 Å². The van der Waals surface area contributed by atoms with Crippen LogP contribution in [-0.2, 0) is 38.1 Å². The largest absolute Gasteiger partial charge is 0.461 e. The molecule has 2 aliphatic heterocycles. The third kappa shape index (κ3) is 22.8. The fraction of sp³-hybridized carbons (Fsp3) is 0.692. The molecule has 4 aromatic rings. The van der Waals surface area contributed by atoms with E-state index >= 15 is 0 Å². The van der Waals surface area contributed by atoms with Crippen molar-refractivity contribution in [3.63, 3.8) is 0 Å². The van der Waals surface area contributed by atoms with Gasteiger partial charge in [-0.2, -0.15) is 0 Å². The molecule has 1 fully saturated rings. The molecule has 1 saturated carbocycles. The molecule has 2 heterocycles. The maximum Gasteiger partial charge on any atom is 0.305 e. The van der Waals surface area contributed by atoms with Gasteiger partial charge in [0.1, 0.15) is 26.4 Å². The highest BCUT2D eigenvalue weighted by Crippen LogP contribution is 2.56. The van der Waals surface area contributed by atoms with E-state index in [9.17, 15) is 29.4 Å². The summed E-state index contributed by atoms with van der Waals surface area (Å²) in [6.07, 6.45) is 39.6. The maximum atomic E-state index is 13.6. The summed E-state index contributed by atoms with van der Waals surface area (Å²) in [5.74, 6) is -2.83. The molecule has 0 amide bonds. The Morgan fingerprint density at radius 3 is 0.848 bits per heavy atom. The molecule has 4 aromatic carbocycles. The predicted octanol–water partition coefficient (Wildman–Crippen LogP) is 19.5. The maximum absolute atomic E-state index is 13.6. The van der Waals surface area contributed by atoms with Crippen molar-refractivity contribution in [2.45, 2.75) is 320 Å². The van der Waals surface area contributed by atoms with Crippen molar-refractivity contribution in [3.8, 4) is 0 Å². The molecule has 0 saturated heterocycles. The molecule has 14 nitrogen and oxygen atoms in total. The molecule has 6 N–H and O–H groups in total. The number of aliphatic hydroxyl groups excluding tert-OH is 2. The van der Waals surface area contributed by atoms with Crippen LogP contribution >= 0.6 is 0 Å². The molecule has 0 atom stereocenters. The lowest BCUT2D eigenvalue weighted by Crippen LogP contribution is -2.58. The number of benzene rings is 4. The monoisotopic (exact) mass is 1270 g/mol. The van der Waals surface area contributed by atoms with Gasteiger partial charge in [0.15, 0.2) is 11.3 Å². The van der Waals surface area contributed by atoms with Crippen LogP contribution in [0, 0.1) is 0 Å². The molecule has 0 bridgehead atoms. The Morgan fingerprint density at radius 1 is 0.337 bits per heavy atom. The van der Waals surface area contributed by atoms with Crippen LogP contribution in [0.1, 0.15) is 307 Å². The normalized spacial score (nSPS) is 17.5. The number of hydrogen-bond donors (Lipinski definition) is 6. The van der Waals surface area contributed by atoms with Gasteiger partial charge in [-0.05, 0) is 59.7 Å². The minimum atomic E-state index is -1.29. The predicted molar refractivity (Wildman–Crippen MR) is 377 cm³/mol. The highest BCUT2D eigenvalue weighted by atomic mass is 16.6. The number of ether oxygens (including phenoxy) is 4. The molecule has 7 rings (SSSR count). The van der Waals surface area contributed by atoms with Gasteiger partial charge in [0.2, 0.25) is 0 Å². The molecule has 1 aliphatic carbocycles. The molecular weight excluding hydrogens is 1150 g/mol. The van der Waals surface area contributed by atoms with E-state index in [0.29, 0.717) is 22.5 Å². The number of unbranched alkanes of at least 4 members (excludes halogenated alkanes) is 32. The number of carbonyl (C=O) groups excluding carboxylic acids is 4. The minimum Gasteiger partial charge on any atom is -0.461 e. The average molecular weight is 1270 g/mol. The number of nitrogens with one attached hydrogen (secondary N) is 4. The summed E-state index contributed by atoms with van der Waals surface area (Å²) in [4.78, 5) is 54.5.